The second-order valence-corrected chi connectivity index (χ2v) is 4.67. The van der Waals surface area contributed by atoms with Gasteiger partial charge in [-0.1, -0.05) is 13.8 Å². The normalized spacial score (nSPS) is 25.6. The highest BCUT2D eigenvalue weighted by atomic mass is 16.5. The first kappa shape index (κ1) is 11.5. The number of aryl methyl sites for hydroxylation is 1. The molecule has 16 heavy (non-hydrogen) atoms. The third kappa shape index (κ3) is 2.10. The van der Waals surface area contributed by atoms with E-state index in [-0.39, 0.29) is 12.2 Å². The first-order valence-corrected chi connectivity index (χ1v) is 5.88. The first-order chi connectivity index (χ1) is 7.61. The maximum absolute atomic E-state index is 5.82. The Kier molecular flexibility index (Phi) is 3.25. The Balaban J connectivity index is 2.15. The summed E-state index contributed by atoms with van der Waals surface area (Å²) in [7, 11) is 1.92. The van der Waals surface area contributed by atoms with Crippen molar-refractivity contribution < 1.29 is 4.74 Å². The predicted octanol–water partition coefficient (Wildman–Crippen LogP) is 1.12. The Hall–Kier alpha value is -0.940. The van der Waals surface area contributed by atoms with Gasteiger partial charge in [0, 0.05) is 19.5 Å². The lowest BCUT2D eigenvalue weighted by molar-refractivity contribution is 0.0427. The van der Waals surface area contributed by atoms with Gasteiger partial charge in [0.2, 0.25) is 0 Å². The number of hydrogen-bond acceptors (Lipinski definition) is 4. The van der Waals surface area contributed by atoms with Crippen molar-refractivity contribution in [1.29, 1.82) is 0 Å². The number of hydrogen-bond donors (Lipinski definition) is 1. The second-order valence-electron chi connectivity index (χ2n) is 4.67. The third-order valence-corrected chi connectivity index (χ3v) is 2.99. The molecule has 2 heterocycles. The van der Waals surface area contributed by atoms with E-state index in [1.807, 2.05) is 11.7 Å². The number of aromatic nitrogens is 3. The summed E-state index contributed by atoms with van der Waals surface area (Å²) in [6.07, 6.45) is 2.26. The van der Waals surface area contributed by atoms with E-state index in [0.717, 1.165) is 24.5 Å². The maximum atomic E-state index is 5.82. The van der Waals surface area contributed by atoms with Crippen molar-refractivity contribution in [3.8, 4) is 0 Å². The fourth-order valence-corrected chi connectivity index (χ4v) is 2.01. The topological polar surface area (TPSA) is 66.0 Å². The van der Waals surface area contributed by atoms with Crippen molar-refractivity contribution in [1.82, 2.24) is 14.8 Å². The largest absolute Gasteiger partial charge is 0.366 e. The Morgan fingerprint density at radius 2 is 2.25 bits per heavy atom. The van der Waals surface area contributed by atoms with E-state index in [1.54, 1.807) is 0 Å². The molecule has 5 heteroatoms. The van der Waals surface area contributed by atoms with Crippen LogP contribution in [0.4, 0.5) is 0 Å². The molecule has 5 nitrogen and oxygen atoms in total. The van der Waals surface area contributed by atoms with Crippen LogP contribution in [0.1, 0.15) is 50.4 Å². The number of ether oxygens (including phenoxy) is 1. The van der Waals surface area contributed by atoms with Crippen LogP contribution in [0.2, 0.25) is 0 Å². The van der Waals surface area contributed by atoms with Gasteiger partial charge >= 0.3 is 0 Å². The first-order valence-electron chi connectivity index (χ1n) is 5.88. The van der Waals surface area contributed by atoms with Crippen molar-refractivity contribution in [2.45, 2.75) is 44.8 Å². The van der Waals surface area contributed by atoms with Gasteiger partial charge in [0.05, 0.1) is 6.10 Å². The summed E-state index contributed by atoms with van der Waals surface area (Å²) in [5, 5.41) is 4.40. The van der Waals surface area contributed by atoms with Gasteiger partial charge in [0.15, 0.2) is 11.6 Å². The van der Waals surface area contributed by atoms with Gasteiger partial charge in [-0.2, -0.15) is 5.10 Å². The van der Waals surface area contributed by atoms with E-state index < -0.39 is 0 Å². The molecule has 0 spiro atoms. The van der Waals surface area contributed by atoms with Crippen LogP contribution >= 0.6 is 0 Å². The molecule has 2 N–H and O–H groups in total. The molecular weight excluding hydrogens is 204 g/mol. The molecule has 90 valence electrons. The lowest BCUT2D eigenvalue weighted by atomic mass is 10.2. The molecule has 1 fully saturated rings. The fourth-order valence-electron chi connectivity index (χ4n) is 2.01. The summed E-state index contributed by atoms with van der Waals surface area (Å²) in [5.41, 5.74) is 5.60. The van der Waals surface area contributed by atoms with E-state index in [1.165, 1.54) is 0 Å². The number of nitrogens with two attached hydrogens (primary N) is 1. The lowest BCUT2D eigenvalue weighted by Crippen LogP contribution is -2.19. The highest BCUT2D eigenvalue weighted by Gasteiger charge is 2.29. The van der Waals surface area contributed by atoms with Crippen molar-refractivity contribution in [3.63, 3.8) is 0 Å². The zero-order valence-corrected chi connectivity index (χ0v) is 10.2. The molecule has 0 amide bonds. The zero-order valence-electron chi connectivity index (χ0n) is 10.2. The molecule has 0 aliphatic carbocycles. The summed E-state index contributed by atoms with van der Waals surface area (Å²) in [6.45, 7) is 4.78. The molecule has 0 bridgehead atoms. The summed E-state index contributed by atoms with van der Waals surface area (Å²) in [6, 6.07) is 0. The van der Waals surface area contributed by atoms with E-state index in [4.69, 9.17) is 10.5 Å². The van der Waals surface area contributed by atoms with Gasteiger partial charge < -0.3 is 10.5 Å². The van der Waals surface area contributed by atoms with Gasteiger partial charge in [-0.05, 0) is 12.8 Å². The maximum Gasteiger partial charge on any atom is 0.156 e. The van der Waals surface area contributed by atoms with Gasteiger partial charge in [0.1, 0.15) is 6.10 Å². The van der Waals surface area contributed by atoms with Crippen LogP contribution in [-0.4, -0.2) is 27.4 Å². The molecular formula is C11H20N4O. The Bertz CT molecular complexity index is 361. The van der Waals surface area contributed by atoms with Crippen LogP contribution in [0, 0.1) is 0 Å². The molecule has 1 saturated heterocycles. The molecule has 1 aliphatic heterocycles. The van der Waals surface area contributed by atoms with Gasteiger partial charge in [-0.25, -0.2) is 4.98 Å². The van der Waals surface area contributed by atoms with Crippen LogP contribution in [0.15, 0.2) is 0 Å². The van der Waals surface area contributed by atoms with E-state index in [2.05, 4.69) is 23.9 Å². The molecule has 2 rings (SSSR count). The minimum absolute atomic E-state index is 0.0681. The van der Waals surface area contributed by atoms with Gasteiger partial charge in [-0.3, -0.25) is 4.68 Å². The van der Waals surface area contributed by atoms with Crippen molar-refractivity contribution in [2.75, 3.05) is 6.54 Å². The molecule has 1 aromatic heterocycles. The van der Waals surface area contributed by atoms with Crippen LogP contribution in [-0.2, 0) is 11.8 Å². The highest BCUT2D eigenvalue weighted by Crippen LogP contribution is 2.31. The van der Waals surface area contributed by atoms with Crippen LogP contribution in [0.3, 0.4) is 0 Å². The molecule has 0 radical (unpaired) electrons. The minimum Gasteiger partial charge on any atom is -0.366 e. The number of rotatable bonds is 3. The average Bonchev–Trinajstić information content (AvgIpc) is 2.83. The van der Waals surface area contributed by atoms with Crippen LogP contribution < -0.4 is 5.73 Å². The Morgan fingerprint density at radius 3 is 2.75 bits per heavy atom. The van der Waals surface area contributed by atoms with Crippen molar-refractivity contribution in [3.05, 3.63) is 11.6 Å². The van der Waals surface area contributed by atoms with Crippen molar-refractivity contribution >= 4 is 0 Å². The molecule has 2 unspecified atom stereocenters. The molecule has 1 aromatic rings. The smallest absolute Gasteiger partial charge is 0.156 e. The summed E-state index contributed by atoms with van der Waals surface area (Å²) in [5.74, 6) is 2.17. The SMILES string of the molecule is CC(C)c1nc(C2CCC(CN)O2)n(C)n1. The van der Waals surface area contributed by atoms with E-state index in [9.17, 15) is 0 Å². The zero-order chi connectivity index (χ0) is 11.7. The summed E-state index contributed by atoms with van der Waals surface area (Å²) in [4.78, 5) is 4.55. The predicted molar refractivity (Wildman–Crippen MR) is 61.0 cm³/mol. The van der Waals surface area contributed by atoms with Crippen molar-refractivity contribution in [2.24, 2.45) is 12.8 Å². The minimum atomic E-state index is 0.0681. The molecule has 0 aromatic carbocycles. The Morgan fingerprint density at radius 1 is 1.50 bits per heavy atom. The Labute approximate surface area is 96.0 Å². The van der Waals surface area contributed by atoms with Gasteiger partial charge in [-0.15, -0.1) is 0 Å². The van der Waals surface area contributed by atoms with E-state index >= 15 is 0 Å². The van der Waals surface area contributed by atoms with Crippen LogP contribution in [0.25, 0.3) is 0 Å². The fraction of sp³-hybridized carbons (Fsp3) is 0.818. The van der Waals surface area contributed by atoms with Crippen LogP contribution in [0.5, 0.6) is 0 Å². The second kappa shape index (κ2) is 4.51. The standard InChI is InChI=1S/C11H20N4O/c1-7(2)10-13-11(15(3)14-10)9-5-4-8(6-12)16-9/h7-9H,4-6,12H2,1-3H3. The summed E-state index contributed by atoms with van der Waals surface area (Å²) < 4.78 is 7.65. The lowest BCUT2D eigenvalue weighted by Gasteiger charge is -2.10. The highest BCUT2D eigenvalue weighted by molar-refractivity contribution is 5.01. The molecule has 2 atom stereocenters. The average molecular weight is 224 g/mol. The van der Waals surface area contributed by atoms with E-state index in [0.29, 0.717) is 12.5 Å². The third-order valence-electron chi connectivity index (χ3n) is 2.99. The number of nitrogens with zero attached hydrogens (tertiary/aromatic N) is 3. The molecule has 1 aliphatic rings. The molecule has 0 saturated carbocycles. The monoisotopic (exact) mass is 224 g/mol. The summed E-state index contributed by atoms with van der Waals surface area (Å²) >= 11 is 0. The quantitative estimate of drug-likeness (QED) is 0.835. The van der Waals surface area contributed by atoms with Gasteiger partial charge in [0.25, 0.3) is 0 Å².